The van der Waals surface area contributed by atoms with E-state index in [0.717, 1.165) is 10.5 Å². The normalized spacial score (nSPS) is 16.2. The van der Waals surface area contributed by atoms with Crippen LogP contribution in [0, 0.1) is 0 Å². The van der Waals surface area contributed by atoms with E-state index in [-0.39, 0.29) is 59.1 Å². The number of nitrogens with zero attached hydrogens (tertiary/aromatic N) is 1. The fraction of sp³-hybridized carbons (Fsp3) is 0.286. The van der Waals surface area contributed by atoms with Crippen molar-refractivity contribution < 1.29 is 24.6 Å². The Bertz CT molecular complexity index is 900. The van der Waals surface area contributed by atoms with Crippen molar-refractivity contribution in [3.05, 3.63) is 60.2 Å². The number of carbonyl (C=O) groups is 3. The summed E-state index contributed by atoms with van der Waals surface area (Å²) in [5.41, 5.74) is 1.55. The van der Waals surface area contributed by atoms with Crippen molar-refractivity contribution in [1.29, 1.82) is 0 Å². The molecule has 156 valence electrons. The number of aryl methyl sites for hydroxylation is 1. The van der Waals surface area contributed by atoms with E-state index in [0.29, 0.717) is 24.3 Å². The van der Waals surface area contributed by atoms with Gasteiger partial charge in [0.2, 0.25) is 5.91 Å². The molecule has 0 aliphatic carbocycles. The van der Waals surface area contributed by atoms with E-state index in [9.17, 15) is 24.6 Å². The summed E-state index contributed by atoms with van der Waals surface area (Å²) in [4.78, 5) is 38.2. The number of fused-ring (bicyclic) bond motifs is 1. The molecule has 1 amide bonds. The number of thioether (sulfide) groups is 1. The SMILES string of the molecule is O=C(O)CN1C(=O)C(N[C@H](CCc2ccccc2)C(=O)O)CSc2ccccc21.[NaH].[NaH]. The number of amides is 1. The number of hydrogen-bond donors (Lipinski definition) is 3. The van der Waals surface area contributed by atoms with Gasteiger partial charge in [-0.15, -0.1) is 11.8 Å². The molecule has 31 heavy (non-hydrogen) atoms. The van der Waals surface area contributed by atoms with Crippen LogP contribution in [0.3, 0.4) is 0 Å². The molecule has 10 heteroatoms. The molecule has 0 aromatic heterocycles. The first-order valence-corrected chi connectivity index (χ1v) is 10.2. The van der Waals surface area contributed by atoms with E-state index >= 15 is 0 Å². The Labute approximate surface area is 229 Å². The Balaban J connectivity index is 0.00000240. The number of para-hydroxylation sites is 1. The van der Waals surface area contributed by atoms with Gasteiger partial charge in [-0.2, -0.15) is 0 Å². The minimum atomic E-state index is -1.13. The average Bonchev–Trinajstić information content (AvgIpc) is 2.83. The summed E-state index contributed by atoms with van der Waals surface area (Å²) in [5, 5.41) is 21.8. The van der Waals surface area contributed by atoms with Crippen molar-refractivity contribution in [3.63, 3.8) is 0 Å². The van der Waals surface area contributed by atoms with Gasteiger partial charge < -0.3 is 10.2 Å². The van der Waals surface area contributed by atoms with Gasteiger partial charge in [0.1, 0.15) is 12.6 Å². The summed E-state index contributed by atoms with van der Waals surface area (Å²) in [5.74, 6) is -2.28. The molecule has 2 atom stereocenters. The van der Waals surface area contributed by atoms with Crippen molar-refractivity contribution in [3.8, 4) is 0 Å². The molecule has 1 unspecified atom stereocenters. The summed E-state index contributed by atoms with van der Waals surface area (Å²) in [6.45, 7) is -0.476. The van der Waals surface area contributed by atoms with Gasteiger partial charge >= 0.3 is 71.1 Å². The van der Waals surface area contributed by atoms with E-state index in [4.69, 9.17) is 0 Å². The number of carboxylic acid groups (broad SMARTS) is 2. The van der Waals surface area contributed by atoms with Gasteiger partial charge in [0, 0.05) is 10.6 Å². The zero-order valence-electron chi connectivity index (χ0n) is 15.7. The van der Waals surface area contributed by atoms with Gasteiger partial charge in [-0.1, -0.05) is 42.5 Å². The van der Waals surface area contributed by atoms with Crippen LogP contribution in [0.15, 0.2) is 59.5 Å². The number of carboxylic acids is 2. The van der Waals surface area contributed by atoms with Crippen LogP contribution in [0.25, 0.3) is 0 Å². The van der Waals surface area contributed by atoms with Crippen LogP contribution in [0.1, 0.15) is 12.0 Å². The van der Waals surface area contributed by atoms with Crippen molar-refractivity contribution in [2.45, 2.75) is 29.8 Å². The Morgan fingerprint density at radius 3 is 2.35 bits per heavy atom. The number of carbonyl (C=O) groups excluding carboxylic acids is 1. The zero-order valence-corrected chi connectivity index (χ0v) is 16.5. The first-order chi connectivity index (χ1) is 14.0. The molecule has 0 saturated heterocycles. The second kappa shape index (κ2) is 13.6. The van der Waals surface area contributed by atoms with Gasteiger partial charge in [0.15, 0.2) is 0 Å². The van der Waals surface area contributed by atoms with Crippen LogP contribution in [-0.2, 0) is 20.8 Å². The van der Waals surface area contributed by atoms with Crippen LogP contribution in [0.4, 0.5) is 5.69 Å². The third kappa shape index (κ3) is 7.91. The predicted molar refractivity (Wildman–Crippen MR) is 125 cm³/mol. The molecule has 0 spiro atoms. The molecule has 2 aromatic carbocycles. The standard InChI is InChI=1S/C21H22N2O5S.2Na.2H/c24-19(25)12-23-17-8-4-5-9-18(17)29-13-16(20(23)26)22-15(21(27)28)11-10-14-6-2-1-3-7-14;;;;/h1-9,15-16,22H,10-13H2,(H,24,25)(H,27,28);;;;/t15-,16?;;;;/m1..../s1. The van der Waals surface area contributed by atoms with Gasteiger partial charge in [0.05, 0.1) is 11.7 Å². The molecule has 7 nitrogen and oxygen atoms in total. The van der Waals surface area contributed by atoms with Crippen molar-refractivity contribution in [2.75, 3.05) is 17.2 Å². The molecule has 3 rings (SSSR count). The molecule has 0 saturated carbocycles. The summed E-state index contributed by atoms with van der Waals surface area (Å²) in [6, 6.07) is 14.9. The zero-order chi connectivity index (χ0) is 20.8. The average molecular weight is 462 g/mol. The monoisotopic (exact) mass is 462 g/mol. The maximum absolute atomic E-state index is 13.1. The fourth-order valence-electron chi connectivity index (χ4n) is 3.25. The number of rotatable bonds is 8. The number of aliphatic carboxylic acids is 2. The van der Waals surface area contributed by atoms with E-state index in [1.165, 1.54) is 16.7 Å². The third-order valence-corrected chi connectivity index (χ3v) is 5.84. The number of nitrogens with one attached hydrogen (secondary N) is 1. The first-order valence-electron chi connectivity index (χ1n) is 9.23. The van der Waals surface area contributed by atoms with Crippen molar-refractivity contribution >= 4 is 94.4 Å². The molecule has 3 N–H and O–H groups in total. The molecule has 2 aromatic rings. The van der Waals surface area contributed by atoms with Crippen LogP contribution in [-0.4, -0.2) is 112 Å². The van der Waals surface area contributed by atoms with Gasteiger partial charge in [-0.3, -0.25) is 24.6 Å². The summed E-state index contributed by atoms with van der Waals surface area (Å²) < 4.78 is 0. The first kappa shape index (κ1) is 28.2. The molecular weight excluding hydrogens is 438 g/mol. The van der Waals surface area contributed by atoms with Crippen LogP contribution >= 0.6 is 11.8 Å². The number of anilines is 1. The molecule has 1 aliphatic heterocycles. The van der Waals surface area contributed by atoms with E-state index in [1.54, 1.807) is 12.1 Å². The number of hydrogen-bond acceptors (Lipinski definition) is 5. The van der Waals surface area contributed by atoms with Crippen molar-refractivity contribution in [2.24, 2.45) is 0 Å². The van der Waals surface area contributed by atoms with Crippen LogP contribution in [0.2, 0.25) is 0 Å². The Morgan fingerprint density at radius 1 is 1.06 bits per heavy atom. The van der Waals surface area contributed by atoms with Crippen LogP contribution in [0.5, 0.6) is 0 Å². The minimum absolute atomic E-state index is 0. The van der Waals surface area contributed by atoms with Gasteiger partial charge in [-0.05, 0) is 30.5 Å². The van der Waals surface area contributed by atoms with Crippen molar-refractivity contribution in [1.82, 2.24) is 5.32 Å². The second-order valence-electron chi connectivity index (χ2n) is 6.73. The van der Waals surface area contributed by atoms with E-state index < -0.39 is 36.5 Å². The Hall–Kier alpha value is -0.840. The summed E-state index contributed by atoms with van der Waals surface area (Å²) in [7, 11) is 0. The molecule has 0 fully saturated rings. The summed E-state index contributed by atoms with van der Waals surface area (Å²) in [6.07, 6.45) is 0.873. The predicted octanol–water partition coefficient (Wildman–Crippen LogP) is 0.957. The van der Waals surface area contributed by atoms with E-state index in [1.807, 2.05) is 42.5 Å². The number of benzene rings is 2. The molecule has 0 radical (unpaired) electrons. The summed E-state index contributed by atoms with van der Waals surface area (Å²) >= 11 is 1.41. The Kier molecular flexibility index (Phi) is 12.4. The van der Waals surface area contributed by atoms with Crippen LogP contribution < -0.4 is 10.2 Å². The fourth-order valence-corrected chi connectivity index (χ4v) is 4.33. The van der Waals surface area contributed by atoms with E-state index in [2.05, 4.69) is 5.32 Å². The molecule has 1 heterocycles. The Morgan fingerprint density at radius 2 is 1.71 bits per heavy atom. The second-order valence-corrected chi connectivity index (χ2v) is 7.79. The quantitative estimate of drug-likeness (QED) is 0.502. The third-order valence-electron chi connectivity index (χ3n) is 4.68. The molecule has 0 bridgehead atoms. The van der Waals surface area contributed by atoms with Gasteiger partial charge in [0.25, 0.3) is 0 Å². The topological polar surface area (TPSA) is 107 Å². The maximum atomic E-state index is 13.1. The van der Waals surface area contributed by atoms with Gasteiger partial charge in [-0.25, -0.2) is 0 Å². The molecular formula is C21H24N2Na2O5S. The molecule has 1 aliphatic rings.